The Labute approximate surface area is 169 Å². The van der Waals surface area contributed by atoms with Crippen LogP contribution < -0.4 is 10.0 Å². The van der Waals surface area contributed by atoms with Gasteiger partial charge in [-0.3, -0.25) is 4.79 Å². The van der Waals surface area contributed by atoms with Crippen molar-refractivity contribution >= 4 is 39.2 Å². The molecule has 9 heteroatoms. The normalized spacial score (nSPS) is 12.2. The Bertz CT molecular complexity index is 928. The molecule has 2 aromatic carbocycles. The molecule has 0 aliphatic heterocycles. The zero-order valence-corrected chi connectivity index (χ0v) is 17.0. The third-order valence-electron chi connectivity index (χ3n) is 3.70. The Morgan fingerprint density at radius 3 is 2.21 bits per heavy atom. The van der Waals surface area contributed by atoms with Crippen LogP contribution in [0.3, 0.4) is 0 Å². The quantitative estimate of drug-likeness (QED) is 0.634. The number of halogens is 1. The predicted octanol–water partition coefficient (Wildman–Crippen LogP) is 3.14. The number of carbonyl (C=O) groups excluding carboxylic acids is 2. The highest BCUT2D eigenvalue weighted by Gasteiger charge is 2.20. The summed E-state index contributed by atoms with van der Waals surface area (Å²) >= 11 is 5.87. The summed E-state index contributed by atoms with van der Waals surface area (Å²) in [6.45, 7) is 1.99. The van der Waals surface area contributed by atoms with Gasteiger partial charge < -0.3 is 10.1 Å². The van der Waals surface area contributed by atoms with Crippen LogP contribution in [0, 0.1) is 0 Å². The first-order valence-electron chi connectivity index (χ1n) is 8.47. The maximum atomic E-state index is 12.4. The molecule has 0 aromatic heterocycles. The topological polar surface area (TPSA) is 102 Å². The summed E-state index contributed by atoms with van der Waals surface area (Å²) in [5, 5.41) is 3.19. The monoisotopic (exact) mass is 424 g/mol. The molecule has 150 valence electrons. The van der Waals surface area contributed by atoms with Crippen LogP contribution in [0.2, 0.25) is 5.02 Å². The second-order valence-corrected chi connectivity index (χ2v) is 8.26. The molecule has 1 atom stereocenters. The molecule has 0 aliphatic carbocycles. The molecule has 1 amide bonds. The molecular formula is C19H21ClN2O5S. The molecule has 0 spiro atoms. The molecule has 2 aromatic rings. The van der Waals surface area contributed by atoms with Crippen molar-refractivity contribution in [1.29, 1.82) is 0 Å². The molecule has 0 saturated carbocycles. The average Bonchev–Trinajstić information content (AvgIpc) is 2.61. The van der Waals surface area contributed by atoms with E-state index in [0.29, 0.717) is 21.8 Å². The third kappa shape index (κ3) is 6.95. The van der Waals surface area contributed by atoms with E-state index >= 15 is 0 Å². The summed E-state index contributed by atoms with van der Waals surface area (Å²) in [6, 6.07) is 12.1. The molecule has 0 fully saturated rings. The van der Waals surface area contributed by atoms with Crippen LogP contribution in [0.25, 0.3) is 0 Å². The van der Waals surface area contributed by atoms with Gasteiger partial charge in [-0.25, -0.2) is 17.9 Å². The van der Waals surface area contributed by atoms with Crippen LogP contribution in [0.15, 0.2) is 48.5 Å². The summed E-state index contributed by atoms with van der Waals surface area (Å²) in [5.74, 6) is -0.833. The van der Waals surface area contributed by atoms with Crippen molar-refractivity contribution in [3.63, 3.8) is 0 Å². The lowest BCUT2D eigenvalue weighted by molar-refractivity contribution is -0.116. The van der Waals surface area contributed by atoms with E-state index in [4.69, 9.17) is 16.3 Å². The van der Waals surface area contributed by atoms with Crippen molar-refractivity contribution in [3.05, 3.63) is 64.7 Å². The summed E-state index contributed by atoms with van der Waals surface area (Å²) in [5.41, 5.74) is 1.47. The van der Waals surface area contributed by atoms with Crippen LogP contribution in [0.5, 0.6) is 0 Å². The van der Waals surface area contributed by atoms with Gasteiger partial charge in [0.05, 0.1) is 24.5 Å². The fourth-order valence-electron chi connectivity index (χ4n) is 2.48. The van der Waals surface area contributed by atoms with E-state index in [1.807, 2.05) is 0 Å². The van der Waals surface area contributed by atoms with Gasteiger partial charge in [-0.1, -0.05) is 23.7 Å². The summed E-state index contributed by atoms with van der Waals surface area (Å²) < 4.78 is 30.7. The van der Waals surface area contributed by atoms with Gasteiger partial charge >= 0.3 is 5.97 Å². The van der Waals surface area contributed by atoms with Crippen molar-refractivity contribution in [2.75, 3.05) is 18.2 Å². The van der Waals surface area contributed by atoms with E-state index in [9.17, 15) is 18.0 Å². The molecule has 0 aliphatic rings. The van der Waals surface area contributed by atoms with Crippen molar-refractivity contribution < 1.29 is 22.7 Å². The van der Waals surface area contributed by atoms with Gasteiger partial charge in [-0.05, 0) is 48.9 Å². The first kappa shape index (κ1) is 21.9. The minimum Gasteiger partial charge on any atom is -0.462 e. The molecule has 7 nitrogen and oxygen atoms in total. The molecular weight excluding hydrogens is 404 g/mol. The van der Waals surface area contributed by atoms with Gasteiger partial charge in [0.1, 0.15) is 0 Å². The van der Waals surface area contributed by atoms with E-state index in [-0.39, 0.29) is 18.9 Å². The number of amides is 1. The molecule has 0 saturated heterocycles. The third-order valence-corrected chi connectivity index (χ3v) is 4.66. The number of hydrogen-bond acceptors (Lipinski definition) is 5. The molecule has 0 radical (unpaired) electrons. The Kier molecular flexibility index (Phi) is 7.56. The minimum absolute atomic E-state index is 0.117. The zero-order chi connectivity index (χ0) is 20.7. The molecule has 2 rings (SSSR count). The first-order chi connectivity index (χ1) is 13.2. The van der Waals surface area contributed by atoms with Crippen LogP contribution in [0.4, 0.5) is 5.69 Å². The second kappa shape index (κ2) is 9.68. The lowest BCUT2D eigenvalue weighted by Gasteiger charge is -2.18. The van der Waals surface area contributed by atoms with Gasteiger partial charge in [0.2, 0.25) is 15.9 Å². The van der Waals surface area contributed by atoms with E-state index < -0.39 is 22.0 Å². The Hall–Kier alpha value is -2.42. The summed E-state index contributed by atoms with van der Waals surface area (Å²) in [4.78, 5) is 24.1. The maximum Gasteiger partial charge on any atom is 0.338 e. The van der Waals surface area contributed by atoms with Crippen LogP contribution in [-0.2, 0) is 19.6 Å². The number of carbonyl (C=O) groups is 2. The van der Waals surface area contributed by atoms with E-state index in [0.717, 1.165) is 6.26 Å². The zero-order valence-electron chi connectivity index (χ0n) is 15.4. The lowest BCUT2D eigenvalue weighted by Crippen LogP contribution is -2.30. The van der Waals surface area contributed by atoms with Gasteiger partial charge in [0.15, 0.2) is 0 Å². The first-order valence-corrected chi connectivity index (χ1v) is 10.7. The number of hydrogen-bond donors (Lipinski definition) is 2. The Morgan fingerprint density at radius 1 is 1.07 bits per heavy atom. The minimum atomic E-state index is -3.54. The predicted molar refractivity (Wildman–Crippen MR) is 108 cm³/mol. The van der Waals surface area contributed by atoms with Gasteiger partial charge in [-0.15, -0.1) is 0 Å². The van der Waals surface area contributed by atoms with Crippen LogP contribution >= 0.6 is 11.6 Å². The van der Waals surface area contributed by atoms with Crippen LogP contribution in [-0.4, -0.2) is 33.2 Å². The number of benzene rings is 2. The summed E-state index contributed by atoms with van der Waals surface area (Å²) in [6.07, 6.45) is 0.913. The van der Waals surface area contributed by atoms with Crippen molar-refractivity contribution in [1.82, 2.24) is 4.72 Å². The molecule has 0 unspecified atom stereocenters. The molecule has 2 N–H and O–H groups in total. The number of rotatable bonds is 8. The lowest BCUT2D eigenvalue weighted by atomic mass is 10.0. The number of nitrogens with one attached hydrogen (secondary N) is 2. The number of ether oxygens (including phenoxy) is 1. The summed E-state index contributed by atoms with van der Waals surface area (Å²) in [7, 11) is -3.54. The standard InChI is InChI=1S/C19H21ClN2O5S/c1-3-27-19(24)14-6-10-16(11-7-14)21-18(23)12-17(22-28(2,25)26)13-4-8-15(20)9-5-13/h4-11,17,22H,3,12H2,1-2H3,(H,21,23)/t17-/m1/s1. The highest BCUT2D eigenvalue weighted by Crippen LogP contribution is 2.21. The second-order valence-electron chi connectivity index (χ2n) is 6.04. The van der Waals surface area contributed by atoms with Crippen molar-refractivity contribution in [2.45, 2.75) is 19.4 Å². The average molecular weight is 425 g/mol. The van der Waals surface area contributed by atoms with Crippen molar-refractivity contribution in [3.8, 4) is 0 Å². The highest BCUT2D eigenvalue weighted by atomic mass is 35.5. The number of esters is 1. The van der Waals surface area contributed by atoms with Gasteiger partial charge in [0.25, 0.3) is 0 Å². The largest absolute Gasteiger partial charge is 0.462 e. The van der Waals surface area contributed by atoms with Crippen LogP contribution in [0.1, 0.15) is 35.3 Å². The van der Waals surface area contributed by atoms with Gasteiger partial charge in [-0.2, -0.15) is 0 Å². The van der Waals surface area contributed by atoms with Crippen molar-refractivity contribution in [2.24, 2.45) is 0 Å². The smallest absolute Gasteiger partial charge is 0.338 e. The number of anilines is 1. The van der Waals surface area contributed by atoms with E-state index in [1.165, 1.54) is 0 Å². The fourth-order valence-corrected chi connectivity index (χ4v) is 3.34. The van der Waals surface area contributed by atoms with E-state index in [2.05, 4.69) is 10.0 Å². The molecule has 0 bridgehead atoms. The SMILES string of the molecule is CCOC(=O)c1ccc(NC(=O)C[C@@H](NS(C)(=O)=O)c2ccc(Cl)cc2)cc1. The Morgan fingerprint density at radius 2 is 1.68 bits per heavy atom. The maximum absolute atomic E-state index is 12.4. The number of sulfonamides is 1. The molecule has 28 heavy (non-hydrogen) atoms. The van der Waals surface area contributed by atoms with E-state index in [1.54, 1.807) is 55.5 Å². The highest BCUT2D eigenvalue weighted by molar-refractivity contribution is 7.88. The fraction of sp³-hybridized carbons (Fsp3) is 0.263. The molecule has 0 heterocycles. The van der Waals surface area contributed by atoms with Gasteiger partial charge in [0, 0.05) is 17.1 Å². The Balaban J connectivity index is 2.08.